The number of para-hydroxylation sites is 1. The van der Waals surface area contributed by atoms with Crippen molar-refractivity contribution in [1.82, 2.24) is 0 Å². The number of aliphatic hydroxyl groups excluding tert-OH is 1. The Hall–Kier alpha value is -2.62. The summed E-state index contributed by atoms with van der Waals surface area (Å²) in [5, 5.41) is 19.4. The van der Waals surface area contributed by atoms with Crippen LogP contribution < -0.4 is 5.01 Å². The molecule has 0 spiro atoms. The van der Waals surface area contributed by atoms with Crippen LogP contribution in [0.3, 0.4) is 0 Å². The van der Waals surface area contributed by atoms with Crippen LogP contribution in [-0.4, -0.2) is 5.11 Å². The molecule has 0 fully saturated rings. The topological polar surface area (TPSA) is 48.2 Å². The van der Waals surface area contributed by atoms with Gasteiger partial charge in [0.25, 0.3) is 0 Å². The minimum Gasteiger partial charge on any atom is -0.493 e. The summed E-state index contributed by atoms with van der Waals surface area (Å²) in [5.74, 6) is 0.0332. The third-order valence-corrected chi connectivity index (χ3v) is 2.48. The zero-order chi connectivity index (χ0) is 13.5. The molecule has 0 heterocycles. The van der Waals surface area contributed by atoms with Gasteiger partial charge in [0.1, 0.15) is 0 Å². The molecule has 0 aliphatic heterocycles. The molecule has 0 aliphatic carbocycles. The van der Waals surface area contributed by atoms with Gasteiger partial charge >= 0.3 is 0 Å². The van der Waals surface area contributed by atoms with Crippen molar-refractivity contribution < 1.29 is 5.11 Å². The summed E-state index contributed by atoms with van der Waals surface area (Å²) in [6.07, 6.45) is 1.57. The van der Waals surface area contributed by atoms with Crippen LogP contribution in [0.2, 0.25) is 0 Å². The molecular formula is C15H15N3O. The molecule has 0 unspecified atom stereocenters. The van der Waals surface area contributed by atoms with E-state index >= 15 is 0 Å². The van der Waals surface area contributed by atoms with Gasteiger partial charge in [0.05, 0.1) is 11.4 Å². The van der Waals surface area contributed by atoms with Crippen molar-refractivity contribution in [3.8, 4) is 0 Å². The van der Waals surface area contributed by atoms with E-state index in [-0.39, 0.29) is 5.88 Å². The van der Waals surface area contributed by atoms with E-state index in [9.17, 15) is 5.11 Å². The maximum atomic E-state index is 9.88. The molecule has 0 aliphatic rings. The minimum atomic E-state index is 0.0332. The second-order valence-corrected chi connectivity index (χ2v) is 3.82. The van der Waals surface area contributed by atoms with Crippen molar-refractivity contribution in [2.24, 2.45) is 10.3 Å². The first-order valence-corrected chi connectivity index (χ1v) is 5.98. The SMILES string of the molecule is C/C=C(/O)N(/N=N/c1ccccc1)c1ccccc1. The highest BCUT2D eigenvalue weighted by Crippen LogP contribution is 2.20. The predicted molar refractivity (Wildman–Crippen MR) is 76.3 cm³/mol. The molecule has 96 valence electrons. The number of allylic oxidation sites excluding steroid dienone is 1. The Morgan fingerprint density at radius 3 is 2.16 bits per heavy atom. The average molecular weight is 253 g/mol. The molecular weight excluding hydrogens is 238 g/mol. The number of nitrogens with zero attached hydrogens (tertiary/aromatic N) is 3. The van der Waals surface area contributed by atoms with E-state index in [0.717, 1.165) is 11.4 Å². The Balaban J connectivity index is 2.28. The van der Waals surface area contributed by atoms with Crippen LogP contribution in [0.1, 0.15) is 6.92 Å². The van der Waals surface area contributed by atoms with E-state index < -0.39 is 0 Å². The van der Waals surface area contributed by atoms with Gasteiger partial charge in [-0.25, -0.2) is 0 Å². The third kappa shape index (κ3) is 3.42. The molecule has 0 radical (unpaired) electrons. The van der Waals surface area contributed by atoms with Crippen molar-refractivity contribution in [1.29, 1.82) is 0 Å². The third-order valence-electron chi connectivity index (χ3n) is 2.48. The second kappa shape index (κ2) is 6.35. The lowest BCUT2D eigenvalue weighted by molar-refractivity contribution is 0.388. The zero-order valence-electron chi connectivity index (χ0n) is 10.6. The predicted octanol–water partition coefficient (Wildman–Crippen LogP) is 4.61. The number of anilines is 1. The molecule has 0 atom stereocenters. The lowest BCUT2D eigenvalue weighted by Crippen LogP contribution is -2.14. The number of benzene rings is 2. The van der Waals surface area contributed by atoms with E-state index in [4.69, 9.17) is 0 Å². The van der Waals surface area contributed by atoms with Crippen molar-refractivity contribution in [2.45, 2.75) is 6.92 Å². The largest absolute Gasteiger partial charge is 0.493 e. The van der Waals surface area contributed by atoms with Gasteiger partial charge in [-0.2, -0.15) is 5.01 Å². The highest BCUT2D eigenvalue weighted by molar-refractivity contribution is 5.49. The first kappa shape index (κ1) is 12.8. The molecule has 2 aromatic carbocycles. The van der Waals surface area contributed by atoms with Crippen molar-refractivity contribution in [3.05, 3.63) is 72.6 Å². The Bertz CT molecular complexity index is 564. The summed E-state index contributed by atoms with van der Waals surface area (Å²) in [4.78, 5) is 0. The first-order chi connectivity index (χ1) is 9.31. The lowest BCUT2D eigenvalue weighted by atomic mass is 10.3. The van der Waals surface area contributed by atoms with Crippen molar-refractivity contribution >= 4 is 11.4 Å². The molecule has 0 saturated carbocycles. The Morgan fingerprint density at radius 2 is 1.58 bits per heavy atom. The second-order valence-electron chi connectivity index (χ2n) is 3.82. The standard InChI is InChI=1S/C15H15N3O/c1-2-15(19)18(14-11-7-4-8-12-14)17-16-13-9-5-3-6-10-13/h2-12,19H,1H3/b15-2+,17-16+. The summed E-state index contributed by atoms with van der Waals surface area (Å²) in [6.45, 7) is 1.74. The highest BCUT2D eigenvalue weighted by Gasteiger charge is 2.08. The fraction of sp³-hybridized carbons (Fsp3) is 0.0667. The summed E-state index contributed by atoms with van der Waals surface area (Å²) >= 11 is 0. The maximum absolute atomic E-state index is 9.88. The van der Waals surface area contributed by atoms with Gasteiger partial charge in [-0.3, -0.25) is 0 Å². The van der Waals surface area contributed by atoms with Crippen molar-refractivity contribution in [2.75, 3.05) is 5.01 Å². The summed E-state index contributed by atoms with van der Waals surface area (Å²) in [7, 11) is 0. The van der Waals surface area contributed by atoms with E-state index in [0.29, 0.717) is 0 Å². The van der Waals surface area contributed by atoms with Crippen LogP contribution in [0, 0.1) is 0 Å². The van der Waals surface area contributed by atoms with Gasteiger partial charge in [0, 0.05) is 0 Å². The number of hydrogen-bond donors (Lipinski definition) is 1. The van der Waals surface area contributed by atoms with Gasteiger partial charge in [-0.05, 0) is 37.3 Å². The normalized spacial score (nSPS) is 11.7. The van der Waals surface area contributed by atoms with E-state index in [1.807, 2.05) is 60.7 Å². The zero-order valence-corrected chi connectivity index (χ0v) is 10.6. The number of aliphatic hydroxyl groups is 1. The van der Waals surface area contributed by atoms with Gasteiger partial charge in [0.15, 0.2) is 0 Å². The molecule has 2 aromatic rings. The van der Waals surface area contributed by atoms with Crippen LogP contribution in [0.15, 0.2) is 83.0 Å². The molecule has 0 aromatic heterocycles. The molecule has 0 saturated heterocycles. The van der Waals surface area contributed by atoms with Crippen LogP contribution in [-0.2, 0) is 0 Å². The molecule has 4 heteroatoms. The van der Waals surface area contributed by atoms with Gasteiger partial charge in [-0.15, -0.1) is 5.11 Å². The molecule has 0 bridgehead atoms. The van der Waals surface area contributed by atoms with Gasteiger partial charge < -0.3 is 5.11 Å². The monoisotopic (exact) mass is 253 g/mol. The Kier molecular flexibility index (Phi) is 4.29. The minimum absolute atomic E-state index is 0.0332. The summed E-state index contributed by atoms with van der Waals surface area (Å²) < 4.78 is 0. The smallest absolute Gasteiger partial charge is 0.209 e. The molecule has 4 nitrogen and oxygen atoms in total. The van der Waals surface area contributed by atoms with Crippen LogP contribution >= 0.6 is 0 Å². The Morgan fingerprint density at radius 1 is 1.00 bits per heavy atom. The van der Waals surface area contributed by atoms with E-state index in [1.165, 1.54) is 5.01 Å². The number of rotatable bonds is 4. The van der Waals surface area contributed by atoms with Crippen LogP contribution in [0.25, 0.3) is 0 Å². The number of hydrogen-bond acceptors (Lipinski definition) is 3. The van der Waals surface area contributed by atoms with Crippen molar-refractivity contribution in [3.63, 3.8) is 0 Å². The first-order valence-electron chi connectivity index (χ1n) is 5.98. The molecule has 0 amide bonds. The fourth-order valence-corrected chi connectivity index (χ4v) is 1.51. The molecule has 2 rings (SSSR count). The Labute approximate surface area is 112 Å². The average Bonchev–Trinajstić information content (AvgIpc) is 2.49. The van der Waals surface area contributed by atoms with E-state index in [2.05, 4.69) is 10.3 Å². The van der Waals surface area contributed by atoms with E-state index in [1.54, 1.807) is 13.0 Å². The van der Waals surface area contributed by atoms with Crippen LogP contribution in [0.4, 0.5) is 11.4 Å². The van der Waals surface area contributed by atoms with Gasteiger partial charge in [0.2, 0.25) is 5.88 Å². The highest BCUT2D eigenvalue weighted by atomic mass is 16.3. The summed E-state index contributed by atoms with van der Waals surface area (Å²) in [5.41, 5.74) is 1.48. The maximum Gasteiger partial charge on any atom is 0.209 e. The lowest BCUT2D eigenvalue weighted by Gasteiger charge is -2.15. The quantitative estimate of drug-likeness (QED) is 0.491. The summed E-state index contributed by atoms with van der Waals surface area (Å²) in [6, 6.07) is 18.7. The van der Waals surface area contributed by atoms with Gasteiger partial charge in [-0.1, -0.05) is 41.6 Å². The molecule has 1 N–H and O–H groups in total. The van der Waals surface area contributed by atoms with Crippen LogP contribution in [0.5, 0.6) is 0 Å². The fourth-order valence-electron chi connectivity index (χ4n) is 1.51. The molecule has 19 heavy (non-hydrogen) atoms.